The fourth-order valence-electron chi connectivity index (χ4n) is 1.41. The number of halogens is 1. The summed E-state index contributed by atoms with van der Waals surface area (Å²) in [6, 6.07) is 1.81. The molecule has 0 atom stereocenters. The number of hydrogen-bond acceptors (Lipinski definition) is 2. The van der Waals surface area contributed by atoms with Crippen LogP contribution in [0, 0.1) is 6.92 Å². The van der Waals surface area contributed by atoms with Gasteiger partial charge in [-0.05, 0) is 13.0 Å². The standard InChI is InChI=1S/C9H10ClN3O/c1-7-6-13-8(11-7)2-4-12(5-3-10)9(13)14/h2,4,6H,3,5H2,1H3. The second-order valence-electron chi connectivity index (χ2n) is 3.09. The van der Waals surface area contributed by atoms with Gasteiger partial charge in [0.05, 0.1) is 5.69 Å². The Morgan fingerprint density at radius 1 is 1.57 bits per heavy atom. The number of fused-ring (bicyclic) bond motifs is 1. The third-order valence-electron chi connectivity index (χ3n) is 2.03. The number of aromatic nitrogens is 3. The Hall–Kier alpha value is -1.29. The van der Waals surface area contributed by atoms with Crippen LogP contribution in [0.15, 0.2) is 23.3 Å². The van der Waals surface area contributed by atoms with Crippen LogP contribution in [0.4, 0.5) is 0 Å². The molecule has 0 aliphatic heterocycles. The number of hydrogen-bond donors (Lipinski definition) is 0. The van der Waals surface area contributed by atoms with Gasteiger partial charge in [0.2, 0.25) is 0 Å². The van der Waals surface area contributed by atoms with Crippen LogP contribution in [0.2, 0.25) is 0 Å². The van der Waals surface area contributed by atoms with Crippen LogP contribution in [-0.2, 0) is 6.54 Å². The quantitative estimate of drug-likeness (QED) is 0.697. The fourth-order valence-corrected chi connectivity index (χ4v) is 1.59. The molecule has 4 nitrogen and oxygen atoms in total. The van der Waals surface area contributed by atoms with Gasteiger partial charge in [-0.2, -0.15) is 0 Å². The second kappa shape index (κ2) is 3.46. The summed E-state index contributed by atoms with van der Waals surface area (Å²) in [6.45, 7) is 2.38. The van der Waals surface area contributed by atoms with E-state index in [0.717, 1.165) is 5.69 Å². The smallest absolute Gasteiger partial charge is 0.299 e. The SMILES string of the molecule is Cc1cn2c(=O)n(CCCl)ccc2n1. The lowest BCUT2D eigenvalue weighted by Crippen LogP contribution is -2.25. The number of alkyl halides is 1. The molecule has 0 aromatic carbocycles. The Kier molecular flexibility index (Phi) is 2.29. The summed E-state index contributed by atoms with van der Waals surface area (Å²) in [4.78, 5) is 16.0. The van der Waals surface area contributed by atoms with E-state index in [4.69, 9.17) is 11.6 Å². The zero-order chi connectivity index (χ0) is 10.1. The summed E-state index contributed by atoms with van der Waals surface area (Å²) in [5.41, 5.74) is 1.42. The first-order valence-electron chi connectivity index (χ1n) is 4.33. The molecule has 14 heavy (non-hydrogen) atoms. The molecule has 2 rings (SSSR count). The highest BCUT2D eigenvalue weighted by molar-refractivity contribution is 6.17. The summed E-state index contributed by atoms with van der Waals surface area (Å²) in [5.74, 6) is 0.430. The normalized spacial score (nSPS) is 11.0. The van der Waals surface area contributed by atoms with Crippen molar-refractivity contribution in [3.63, 3.8) is 0 Å². The van der Waals surface area contributed by atoms with Gasteiger partial charge in [-0.3, -0.25) is 8.97 Å². The van der Waals surface area contributed by atoms with Crippen molar-refractivity contribution in [3.05, 3.63) is 34.6 Å². The zero-order valence-corrected chi connectivity index (χ0v) is 8.53. The third-order valence-corrected chi connectivity index (χ3v) is 2.20. The molecule has 2 heterocycles. The Labute approximate surface area is 85.8 Å². The van der Waals surface area contributed by atoms with E-state index in [2.05, 4.69) is 4.98 Å². The van der Waals surface area contributed by atoms with Crippen molar-refractivity contribution in [2.24, 2.45) is 0 Å². The van der Waals surface area contributed by atoms with Crippen molar-refractivity contribution in [2.45, 2.75) is 13.5 Å². The van der Waals surface area contributed by atoms with Gasteiger partial charge in [0.25, 0.3) is 0 Å². The first-order chi connectivity index (χ1) is 6.72. The molecular formula is C9H10ClN3O. The lowest BCUT2D eigenvalue weighted by Gasteiger charge is -2.02. The molecule has 0 radical (unpaired) electrons. The van der Waals surface area contributed by atoms with Gasteiger partial charge in [0, 0.05) is 24.8 Å². The van der Waals surface area contributed by atoms with Crippen LogP contribution >= 0.6 is 11.6 Å². The first kappa shape index (κ1) is 9.27. The number of rotatable bonds is 2. The minimum Gasteiger partial charge on any atom is -0.299 e. The van der Waals surface area contributed by atoms with E-state index in [0.29, 0.717) is 18.1 Å². The molecule has 0 bridgehead atoms. The molecule has 5 heteroatoms. The molecule has 0 aliphatic rings. The van der Waals surface area contributed by atoms with E-state index in [1.165, 1.54) is 4.40 Å². The van der Waals surface area contributed by atoms with Gasteiger partial charge in [0.1, 0.15) is 5.65 Å². The maximum atomic E-state index is 11.8. The van der Waals surface area contributed by atoms with Crippen molar-refractivity contribution in [1.82, 2.24) is 14.0 Å². The predicted molar refractivity (Wildman–Crippen MR) is 54.9 cm³/mol. The van der Waals surface area contributed by atoms with E-state index in [9.17, 15) is 4.79 Å². The van der Waals surface area contributed by atoms with Gasteiger partial charge >= 0.3 is 5.69 Å². The van der Waals surface area contributed by atoms with E-state index in [1.54, 1.807) is 23.0 Å². The predicted octanol–water partition coefficient (Wildman–Crippen LogP) is 1.04. The van der Waals surface area contributed by atoms with Crippen LogP contribution in [-0.4, -0.2) is 19.8 Å². The molecule has 0 unspecified atom stereocenters. The highest BCUT2D eigenvalue weighted by Gasteiger charge is 2.03. The summed E-state index contributed by atoms with van der Waals surface area (Å²) in [7, 11) is 0. The van der Waals surface area contributed by atoms with Crippen LogP contribution in [0.3, 0.4) is 0 Å². The summed E-state index contributed by atoms with van der Waals surface area (Å²) in [5, 5.41) is 0. The Morgan fingerprint density at radius 3 is 3.07 bits per heavy atom. The van der Waals surface area contributed by atoms with Crippen molar-refractivity contribution in [1.29, 1.82) is 0 Å². The number of nitrogens with zero attached hydrogens (tertiary/aromatic N) is 3. The monoisotopic (exact) mass is 211 g/mol. The van der Waals surface area contributed by atoms with E-state index in [1.807, 2.05) is 6.92 Å². The molecule has 0 spiro atoms. The molecule has 74 valence electrons. The highest BCUT2D eigenvalue weighted by Crippen LogP contribution is 1.99. The Balaban J connectivity index is 2.68. The van der Waals surface area contributed by atoms with E-state index >= 15 is 0 Å². The third kappa shape index (κ3) is 1.42. The number of imidazole rings is 1. The van der Waals surface area contributed by atoms with Crippen LogP contribution in [0.25, 0.3) is 5.65 Å². The van der Waals surface area contributed by atoms with Gasteiger partial charge in [-0.15, -0.1) is 11.6 Å². The average Bonchev–Trinajstić information content (AvgIpc) is 2.52. The molecule has 0 saturated heterocycles. The zero-order valence-electron chi connectivity index (χ0n) is 7.77. The molecule has 2 aromatic heterocycles. The largest absolute Gasteiger partial charge is 0.333 e. The maximum absolute atomic E-state index is 11.8. The Morgan fingerprint density at radius 2 is 2.36 bits per heavy atom. The van der Waals surface area contributed by atoms with Gasteiger partial charge < -0.3 is 0 Å². The van der Waals surface area contributed by atoms with Gasteiger partial charge in [-0.1, -0.05) is 0 Å². The average molecular weight is 212 g/mol. The highest BCUT2D eigenvalue weighted by atomic mass is 35.5. The number of aryl methyl sites for hydroxylation is 2. The fraction of sp³-hybridized carbons (Fsp3) is 0.333. The molecule has 2 aromatic rings. The second-order valence-corrected chi connectivity index (χ2v) is 3.47. The minimum atomic E-state index is -0.0937. The molecule has 0 aliphatic carbocycles. The minimum absolute atomic E-state index is 0.0937. The van der Waals surface area contributed by atoms with Crippen molar-refractivity contribution in [3.8, 4) is 0 Å². The molecule has 0 saturated carbocycles. The summed E-state index contributed by atoms with van der Waals surface area (Å²) >= 11 is 5.58. The topological polar surface area (TPSA) is 39.3 Å². The van der Waals surface area contributed by atoms with E-state index in [-0.39, 0.29) is 5.69 Å². The Bertz CT molecular complexity index is 514. The van der Waals surface area contributed by atoms with E-state index < -0.39 is 0 Å². The molecule has 0 amide bonds. The van der Waals surface area contributed by atoms with Crippen molar-refractivity contribution in [2.75, 3.05) is 5.88 Å². The van der Waals surface area contributed by atoms with Crippen LogP contribution in [0.1, 0.15) is 5.69 Å². The van der Waals surface area contributed by atoms with Gasteiger partial charge in [0.15, 0.2) is 0 Å². The summed E-state index contributed by atoms with van der Waals surface area (Å²) in [6.07, 6.45) is 3.44. The van der Waals surface area contributed by atoms with Crippen molar-refractivity contribution < 1.29 is 0 Å². The van der Waals surface area contributed by atoms with Crippen molar-refractivity contribution >= 4 is 17.2 Å². The van der Waals surface area contributed by atoms with Crippen LogP contribution in [0.5, 0.6) is 0 Å². The molecule has 0 N–H and O–H groups in total. The van der Waals surface area contributed by atoms with Crippen LogP contribution < -0.4 is 5.69 Å². The lowest BCUT2D eigenvalue weighted by atomic mass is 10.6. The summed E-state index contributed by atoms with van der Waals surface area (Å²) < 4.78 is 3.10. The van der Waals surface area contributed by atoms with Gasteiger partial charge in [-0.25, -0.2) is 9.78 Å². The molecule has 0 fully saturated rings. The first-order valence-corrected chi connectivity index (χ1v) is 4.87. The molecular weight excluding hydrogens is 202 g/mol. The maximum Gasteiger partial charge on any atom is 0.333 e. The lowest BCUT2D eigenvalue weighted by molar-refractivity contribution is 0.692.